The minimum absolute atomic E-state index is 0.0996. The molecule has 0 N–H and O–H groups in total. The SMILES string of the molecule is CC(C)OC(=Cc1ccccc1)C(=O)c1ccc(C(=O)N(C)C)cc1. The summed E-state index contributed by atoms with van der Waals surface area (Å²) in [5.41, 5.74) is 1.92. The van der Waals surface area contributed by atoms with Crippen molar-refractivity contribution >= 4 is 17.8 Å². The van der Waals surface area contributed by atoms with E-state index in [2.05, 4.69) is 0 Å². The summed E-state index contributed by atoms with van der Waals surface area (Å²) in [5.74, 6) is -0.0215. The molecule has 2 aromatic rings. The molecule has 0 radical (unpaired) electrons. The highest BCUT2D eigenvalue weighted by molar-refractivity contribution is 6.10. The second kappa shape index (κ2) is 8.29. The van der Waals surface area contributed by atoms with Gasteiger partial charge in [0, 0.05) is 25.2 Å². The first kappa shape index (κ1) is 18.5. The monoisotopic (exact) mass is 337 g/mol. The van der Waals surface area contributed by atoms with Crippen LogP contribution in [0.1, 0.15) is 40.1 Å². The number of ketones is 1. The number of hydrogen-bond donors (Lipinski definition) is 0. The Labute approximate surface area is 148 Å². The topological polar surface area (TPSA) is 46.6 Å². The van der Waals surface area contributed by atoms with Gasteiger partial charge in [-0.15, -0.1) is 0 Å². The number of carbonyl (C=O) groups is 2. The van der Waals surface area contributed by atoms with Gasteiger partial charge in [0.2, 0.25) is 5.78 Å². The molecule has 1 amide bonds. The Hall–Kier alpha value is -2.88. The maximum atomic E-state index is 12.8. The Morgan fingerprint density at radius 1 is 0.920 bits per heavy atom. The second-order valence-electron chi connectivity index (χ2n) is 6.19. The minimum Gasteiger partial charge on any atom is -0.487 e. The predicted molar refractivity (Wildman–Crippen MR) is 99.4 cm³/mol. The van der Waals surface area contributed by atoms with Gasteiger partial charge in [-0.3, -0.25) is 9.59 Å². The van der Waals surface area contributed by atoms with E-state index < -0.39 is 0 Å². The summed E-state index contributed by atoms with van der Waals surface area (Å²) >= 11 is 0. The first-order chi connectivity index (χ1) is 11.9. The van der Waals surface area contributed by atoms with Gasteiger partial charge >= 0.3 is 0 Å². The summed E-state index contributed by atoms with van der Waals surface area (Å²) in [5, 5.41) is 0. The first-order valence-electron chi connectivity index (χ1n) is 8.18. The van der Waals surface area contributed by atoms with Gasteiger partial charge in [-0.25, -0.2) is 0 Å². The van der Waals surface area contributed by atoms with Crippen LogP contribution >= 0.6 is 0 Å². The molecule has 130 valence electrons. The molecular weight excluding hydrogens is 314 g/mol. The summed E-state index contributed by atoms with van der Waals surface area (Å²) in [7, 11) is 3.39. The van der Waals surface area contributed by atoms with Gasteiger partial charge < -0.3 is 9.64 Å². The van der Waals surface area contributed by atoms with Crippen LogP contribution in [0.15, 0.2) is 60.4 Å². The lowest BCUT2D eigenvalue weighted by atomic mass is 10.0. The standard InChI is InChI=1S/C21H23NO3/c1-15(2)25-19(14-16-8-6-5-7-9-16)20(23)17-10-12-18(13-11-17)21(24)22(3)4/h5-15H,1-4H3. The predicted octanol–water partition coefficient (Wildman–Crippen LogP) is 4.04. The number of hydrogen-bond acceptors (Lipinski definition) is 3. The Bertz CT molecular complexity index is 759. The molecule has 0 saturated heterocycles. The van der Waals surface area contributed by atoms with Crippen LogP contribution in [0, 0.1) is 0 Å². The fourth-order valence-electron chi connectivity index (χ4n) is 2.27. The van der Waals surface area contributed by atoms with Crippen molar-refractivity contribution in [1.29, 1.82) is 0 Å². The van der Waals surface area contributed by atoms with Crippen molar-refractivity contribution in [3.63, 3.8) is 0 Å². The van der Waals surface area contributed by atoms with E-state index in [1.807, 2.05) is 44.2 Å². The van der Waals surface area contributed by atoms with Crippen molar-refractivity contribution in [1.82, 2.24) is 4.90 Å². The summed E-state index contributed by atoms with van der Waals surface area (Å²) in [4.78, 5) is 26.3. The van der Waals surface area contributed by atoms with Crippen LogP contribution in [-0.2, 0) is 4.74 Å². The van der Waals surface area contributed by atoms with Crippen LogP contribution in [-0.4, -0.2) is 36.8 Å². The van der Waals surface area contributed by atoms with E-state index in [9.17, 15) is 9.59 Å². The van der Waals surface area contributed by atoms with Crippen LogP contribution in [0.25, 0.3) is 6.08 Å². The van der Waals surface area contributed by atoms with Gasteiger partial charge in [0.1, 0.15) is 0 Å². The highest BCUT2D eigenvalue weighted by Gasteiger charge is 2.16. The fraction of sp³-hybridized carbons (Fsp3) is 0.238. The zero-order chi connectivity index (χ0) is 18.4. The molecule has 0 unspecified atom stereocenters. The smallest absolute Gasteiger partial charge is 0.253 e. The van der Waals surface area contributed by atoms with Crippen molar-refractivity contribution in [3.05, 3.63) is 77.0 Å². The molecule has 2 rings (SSSR count). The quantitative estimate of drug-likeness (QED) is 0.454. The van der Waals surface area contributed by atoms with Gasteiger partial charge in [-0.1, -0.05) is 42.5 Å². The molecule has 4 nitrogen and oxygen atoms in total. The number of nitrogens with zero attached hydrogens (tertiary/aromatic N) is 1. The minimum atomic E-state index is -0.207. The normalized spacial score (nSPS) is 11.3. The lowest BCUT2D eigenvalue weighted by molar-refractivity contribution is 0.0824. The van der Waals surface area contributed by atoms with E-state index in [1.54, 1.807) is 44.4 Å². The van der Waals surface area contributed by atoms with Gasteiger partial charge in [0.15, 0.2) is 5.76 Å². The van der Waals surface area contributed by atoms with E-state index in [0.29, 0.717) is 11.1 Å². The Kier molecular flexibility index (Phi) is 6.12. The number of rotatable bonds is 6. The highest BCUT2D eigenvalue weighted by atomic mass is 16.5. The average Bonchev–Trinajstić information content (AvgIpc) is 2.60. The molecule has 0 bridgehead atoms. The van der Waals surface area contributed by atoms with Gasteiger partial charge in [-0.2, -0.15) is 0 Å². The van der Waals surface area contributed by atoms with Gasteiger partial charge in [-0.05, 0) is 37.6 Å². The molecule has 0 atom stereocenters. The van der Waals surface area contributed by atoms with Crippen LogP contribution in [0.5, 0.6) is 0 Å². The molecule has 4 heteroatoms. The lowest BCUT2D eigenvalue weighted by Crippen LogP contribution is -2.21. The van der Waals surface area contributed by atoms with Gasteiger partial charge in [0.05, 0.1) is 6.10 Å². The molecule has 2 aromatic carbocycles. The van der Waals surface area contributed by atoms with Crippen LogP contribution < -0.4 is 0 Å². The van der Waals surface area contributed by atoms with E-state index in [-0.39, 0.29) is 23.6 Å². The number of ether oxygens (including phenoxy) is 1. The zero-order valence-corrected chi connectivity index (χ0v) is 15.0. The maximum Gasteiger partial charge on any atom is 0.253 e. The molecule has 0 aliphatic carbocycles. The van der Waals surface area contributed by atoms with Crippen molar-refractivity contribution in [3.8, 4) is 0 Å². The Balaban J connectivity index is 2.30. The molecule has 0 aromatic heterocycles. The third-order valence-electron chi connectivity index (χ3n) is 3.48. The van der Waals surface area contributed by atoms with Crippen molar-refractivity contribution in [2.75, 3.05) is 14.1 Å². The highest BCUT2D eigenvalue weighted by Crippen LogP contribution is 2.17. The summed E-state index contributed by atoms with van der Waals surface area (Å²) in [6.45, 7) is 3.76. The van der Waals surface area contributed by atoms with Crippen LogP contribution in [0.2, 0.25) is 0 Å². The van der Waals surface area contributed by atoms with Crippen molar-refractivity contribution in [2.24, 2.45) is 0 Å². The van der Waals surface area contributed by atoms with E-state index >= 15 is 0 Å². The molecular formula is C21H23NO3. The molecule has 0 saturated carbocycles. The molecule has 0 aliphatic heterocycles. The van der Waals surface area contributed by atoms with E-state index in [1.165, 1.54) is 4.90 Å². The van der Waals surface area contributed by atoms with Crippen LogP contribution in [0.4, 0.5) is 0 Å². The Morgan fingerprint density at radius 3 is 2.00 bits per heavy atom. The van der Waals surface area contributed by atoms with Crippen molar-refractivity contribution in [2.45, 2.75) is 20.0 Å². The van der Waals surface area contributed by atoms with E-state index in [4.69, 9.17) is 4.74 Å². The number of Topliss-reactive ketones (excluding diaryl/α,β-unsaturated/α-hetero) is 1. The summed E-state index contributed by atoms with van der Waals surface area (Å²) in [6.07, 6.45) is 1.62. The molecule has 0 fully saturated rings. The molecule has 0 aliphatic rings. The van der Waals surface area contributed by atoms with Crippen LogP contribution in [0.3, 0.4) is 0 Å². The first-order valence-corrected chi connectivity index (χ1v) is 8.18. The summed E-state index contributed by atoms with van der Waals surface area (Å²) < 4.78 is 5.72. The maximum absolute atomic E-state index is 12.8. The van der Waals surface area contributed by atoms with E-state index in [0.717, 1.165) is 5.56 Å². The number of benzene rings is 2. The number of allylic oxidation sites excluding steroid dienone is 1. The Morgan fingerprint density at radius 2 is 1.48 bits per heavy atom. The number of amides is 1. The lowest BCUT2D eigenvalue weighted by Gasteiger charge is -2.14. The molecule has 25 heavy (non-hydrogen) atoms. The molecule has 0 spiro atoms. The number of carbonyl (C=O) groups excluding carboxylic acids is 2. The van der Waals surface area contributed by atoms with Gasteiger partial charge in [0.25, 0.3) is 5.91 Å². The third kappa shape index (κ3) is 5.05. The zero-order valence-electron chi connectivity index (χ0n) is 15.0. The third-order valence-corrected chi connectivity index (χ3v) is 3.48. The largest absolute Gasteiger partial charge is 0.487 e. The average molecular weight is 337 g/mol. The second-order valence-corrected chi connectivity index (χ2v) is 6.19. The summed E-state index contributed by atoms with van der Waals surface area (Å²) in [6, 6.07) is 16.2. The fourth-order valence-corrected chi connectivity index (χ4v) is 2.27. The van der Waals surface area contributed by atoms with Crippen molar-refractivity contribution < 1.29 is 14.3 Å². The molecule has 0 heterocycles.